The summed E-state index contributed by atoms with van der Waals surface area (Å²) in [5, 5.41) is 0. The first kappa shape index (κ1) is 14.5. The molecule has 0 spiro atoms. The van der Waals surface area contributed by atoms with E-state index in [1.165, 1.54) is 12.1 Å². The van der Waals surface area contributed by atoms with Crippen molar-refractivity contribution >= 4 is 0 Å². The molecule has 0 aliphatic rings. The van der Waals surface area contributed by atoms with Crippen LogP contribution >= 0.6 is 0 Å². The molecule has 0 saturated heterocycles. The normalized spacial score (nSPS) is 13.8. The van der Waals surface area contributed by atoms with Crippen molar-refractivity contribution in [1.29, 1.82) is 0 Å². The number of methoxy groups -OCH3 is 1. The van der Waals surface area contributed by atoms with E-state index in [4.69, 9.17) is 10.5 Å². The molecule has 1 unspecified atom stereocenters. The molecule has 20 heavy (non-hydrogen) atoms. The second kappa shape index (κ2) is 5.59. The summed E-state index contributed by atoms with van der Waals surface area (Å²) in [6, 6.07) is 10.9. The van der Waals surface area contributed by atoms with Gasteiger partial charge in [-0.2, -0.15) is 0 Å². The van der Waals surface area contributed by atoms with E-state index in [-0.39, 0.29) is 6.42 Å². The summed E-state index contributed by atoms with van der Waals surface area (Å²) in [4.78, 5) is 0. The summed E-state index contributed by atoms with van der Waals surface area (Å²) in [6.07, 6.45) is 0.283. The fourth-order valence-corrected chi connectivity index (χ4v) is 2.13. The molecule has 0 saturated carbocycles. The molecule has 0 aliphatic heterocycles. The molecule has 1 atom stereocenters. The molecule has 0 aromatic heterocycles. The minimum absolute atomic E-state index is 0.283. The molecule has 0 aliphatic carbocycles. The molecule has 0 amide bonds. The van der Waals surface area contributed by atoms with Gasteiger partial charge in [0.05, 0.1) is 7.11 Å². The molecular weight excluding hydrogens is 260 g/mol. The maximum absolute atomic E-state index is 13.7. The van der Waals surface area contributed by atoms with Gasteiger partial charge in [-0.05, 0) is 42.7 Å². The third-order valence-electron chi connectivity index (χ3n) is 3.32. The zero-order valence-corrected chi connectivity index (χ0v) is 11.5. The highest BCUT2D eigenvalue weighted by molar-refractivity contribution is 5.33. The zero-order chi connectivity index (χ0) is 14.8. The number of hydrogen-bond donors (Lipinski definition) is 1. The molecule has 2 aromatic rings. The first-order chi connectivity index (χ1) is 9.42. The fraction of sp³-hybridized carbons (Fsp3) is 0.250. The van der Waals surface area contributed by atoms with Crippen LogP contribution in [-0.4, -0.2) is 7.11 Å². The fourth-order valence-electron chi connectivity index (χ4n) is 2.13. The Hall–Kier alpha value is -1.94. The molecule has 0 radical (unpaired) electrons. The number of benzene rings is 2. The molecule has 2 nitrogen and oxygen atoms in total. The van der Waals surface area contributed by atoms with Gasteiger partial charge in [0.25, 0.3) is 0 Å². The molecule has 0 heterocycles. The number of hydrogen-bond acceptors (Lipinski definition) is 2. The summed E-state index contributed by atoms with van der Waals surface area (Å²) in [7, 11) is 1.59. The van der Waals surface area contributed by atoms with Crippen LogP contribution in [0.5, 0.6) is 5.75 Å². The highest BCUT2D eigenvalue weighted by atomic mass is 19.1. The smallest absolute Gasteiger partial charge is 0.129 e. The molecule has 2 rings (SSSR count). The lowest BCUT2D eigenvalue weighted by atomic mass is 9.86. The van der Waals surface area contributed by atoms with Crippen LogP contribution in [0.2, 0.25) is 0 Å². The van der Waals surface area contributed by atoms with Gasteiger partial charge in [-0.15, -0.1) is 0 Å². The Kier molecular flexibility index (Phi) is 4.04. The molecule has 4 heteroatoms. The Morgan fingerprint density at radius 2 is 1.75 bits per heavy atom. The van der Waals surface area contributed by atoms with Crippen molar-refractivity contribution in [3.8, 4) is 5.75 Å². The van der Waals surface area contributed by atoms with E-state index in [2.05, 4.69) is 0 Å². The van der Waals surface area contributed by atoms with Gasteiger partial charge < -0.3 is 10.5 Å². The van der Waals surface area contributed by atoms with Crippen molar-refractivity contribution in [1.82, 2.24) is 0 Å². The Labute approximate surface area is 117 Å². The van der Waals surface area contributed by atoms with Crippen LogP contribution in [0.25, 0.3) is 0 Å². The van der Waals surface area contributed by atoms with Gasteiger partial charge in [-0.1, -0.05) is 18.2 Å². The van der Waals surface area contributed by atoms with Crippen molar-refractivity contribution in [3.63, 3.8) is 0 Å². The highest BCUT2D eigenvalue weighted by Crippen LogP contribution is 2.26. The third-order valence-corrected chi connectivity index (χ3v) is 3.32. The predicted octanol–water partition coefficient (Wildman–Crippen LogP) is 3.39. The average molecular weight is 277 g/mol. The van der Waals surface area contributed by atoms with Crippen molar-refractivity contribution in [2.45, 2.75) is 18.9 Å². The Bertz CT molecular complexity index is 594. The topological polar surface area (TPSA) is 35.2 Å². The Morgan fingerprint density at radius 1 is 1.10 bits per heavy atom. The van der Waals surface area contributed by atoms with E-state index in [9.17, 15) is 8.78 Å². The van der Waals surface area contributed by atoms with Crippen molar-refractivity contribution in [2.75, 3.05) is 7.11 Å². The van der Waals surface area contributed by atoms with Gasteiger partial charge in [0, 0.05) is 11.6 Å². The van der Waals surface area contributed by atoms with Crippen LogP contribution in [0, 0.1) is 11.6 Å². The van der Waals surface area contributed by atoms with Crippen molar-refractivity contribution in [2.24, 2.45) is 5.73 Å². The maximum atomic E-state index is 13.7. The van der Waals surface area contributed by atoms with Crippen LogP contribution < -0.4 is 10.5 Å². The van der Waals surface area contributed by atoms with E-state index < -0.39 is 17.2 Å². The maximum Gasteiger partial charge on any atom is 0.129 e. The lowest BCUT2D eigenvalue weighted by molar-refractivity contribution is 0.413. The summed E-state index contributed by atoms with van der Waals surface area (Å²) < 4.78 is 31.7. The second-order valence-corrected chi connectivity index (χ2v) is 5.06. The summed E-state index contributed by atoms with van der Waals surface area (Å²) in [5.41, 5.74) is 6.78. The number of halogens is 2. The van der Waals surface area contributed by atoms with Gasteiger partial charge in [0.1, 0.15) is 17.4 Å². The lowest BCUT2D eigenvalue weighted by Gasteiger charge is -2.26. The second-order valence-electron chi connectivity index (χ2n) is 5.06. The Morgan fingerprint density at radius 3 is 2.30 bits per heavy atom. The third kappa shape index (κ3) is 3.14. The van der Waals surface area contributed by atoms with E-state index in [0.717, 1.165) is 17.4 Å². The SMILES string of the molecule is COc1ccc(C(C)(N)Cc2ccc(F)cc2F)cc1. The largest absolute Gasteiger partial charge is 0.497 e. The molecule has 0 fully saturated rings. The van der Waals surface area contributed by atoms with E-state index >= 15 is 0 Å². The molecule has 2 aromatic carbocycles. The monoisotopic (exact) mass is 277 g/mol. The van der Waals surface area contributed by atoms with E-state index in [1.54, 1.807) is 7.11 Å². The first-order valence-corrected chi connectivity index (χ1v) is 6.30. The number of nitrogens with two attached hydrogens (primary N) is 1. The quantitative estimate of drug-likeness (QED) is 0.929. The van der Waals surface area contributed by atoms with Gasteiger partial charge in [-0.3, -0.25) is 0 Å². The van der Waals surface area contributed by atoms with Gasteiger partial charge in [0.15, 0.2) is 0 Å². The summed E-state index contributed by atoms with van der Waals surface area (Å²) in [5.74, 6) is -0.429. The van der Waals surface area contributed by atoms with Crippen molar-refractivity contribution < 1.29 is 13.5 Å². The average Bonchev–Trinajstić information content (AvgIpc) is 2.42. The first-order valence-electron chi connectivity index (χ1n) is 6.30. The number of rotatable bonds is 4. The van der Waals surface area contributed by atoms with E-state index in [1.807, 2.05) is 31.2 Å². The summed E-state index contributed by atoms with van der Waals surface area (Å²) in [6.45, 7) is 1.82. The molecule has 106 valence electrons. The Balaban J connectivity index is 2.25. The van der Waals surface area contributed by atoms with E-state index in [0.29, 0.717) is 5.56 Å². The summed E-state index contributed by atoms with van der Waals surface area (Å²) >= 11 is 0. The van der Waals surface area contributed by atoms with Crippen molar-refractivity contribution in [3.05, 3.63) is 65.2 Å². The minimum Gasteiger partial charge on any atom is -0.497 e. The predicted molar refractivity (Wildman–Crippen MR) is 74.6 cm³/mol. The lowest BCUT2D eigenvalue weighted by Crippen LogP contribution is -2.35. The van der Waals surface area contributed by atoms with Crippen LogP contribution in [0.1, 0.15) is 18.1 Å². The molecule has 2 N–H and O–H groups in total. The van der Waals surface area contributed by atoms with Gasteiger partial charge in [-0.25, -0.2) is 8.78 Å². The van der Waals surface area contributed by atoms with Crippen LogP contribution in [0.3, 0.4) is 0 Å². The highest BCUT2D eigenvalue weighted by Gasteiger charge is 2.23. The zero-order valence-electron chi connectivity index (χ0n) is 11.5. The van der Waals surface area contributed by atoms with Gasteiger partial charge in [0.2, 0.25) is 0 Å². The standard InChI is InChI=1S/C16H17F2NO/c1-16(19,12-4-7-14(20-2)8-5-12)10-11-3-6-13(17)9-15(11)18/h3-9H,10,19H2,1-2H3. The van der Waals surface area contributed by atoms with Crippen LogP contribution in [0.4, 0.5) is 8.78 Å². The molecular formula is C16H17F2NO. The van der Waals surface area contributed by atoms with Crippen LogP contribution in [0.15, 0.2) is 42.5 Å². The molecule has 0 bridgehead atoms. The van der Waals surface area contributed by atoms with Gasteiger partial charge >= 0.3 is 0 Å². The number of ether oxygens (including phenoxy) is 1. The minimum atomic E-state index is -0.745. The van der Waals surface area contributed by atoms with Crippen LogP contribution in [-0.2, 0) is 12.0 Å².